The van der Waals surface area contributed by atoms with Crippen LogP contribution in [0.1, 0.15) is 5.56 Å². The first-order valence-corrected chi connectivity index (χ1v) is 6.84. The third-order valence-corrected chi connectivity index (χ3v) is 4.18. The largest absolute Gasteiger partial charge is 0.395 e. The zero-order valence-electron chi connectivity index (χ0n) is 10.2. The number of hydrogen-bond acceptors (Lipinski definition) is 3. The van der Waals surface area contributed by atoms with Crippen molar-refractivity contribution in [1.82, 2.24) is 4.90 Å². The molecule has 1 aliphatic rings. The quantitative estimate of drug-likeness (QED) is 0.923. The maximum absolute atomic E-state index is 8.91. The van der Waals surface area contributed by atoms with Gasteiger partial charge in [0.1, 0.15) is 0 Å². The Kier molecular flexibility index (Phi) is 4.42. The van der Waals surface area contributed by atoms with Crippen molar-refractivity contribution in [2.24, 2.45) is 0 Å². The highest BCUT2D eigenvalue weighted by Crippen LogP contribution is 2.23. The maximum atomic E-state index is 8.91. The lowest BCUT2D eigenvalue weighted by Crippen LogP contribution is -2.47. The van der Waals surface area contributed by atoms with Crippen LogP contribution >= 0.6 is 15.9 Å². The summed E-state index contributed by atoms with van der Waals surface area (Å²) in [5, 5.41) is 8.91. The fourth-order valence-corrected chi connectivity index (χ4v) is 2.44. The minimum absolute atomic E-state index is 0.261. The molecule has 1 aliphatic heterocycles. The summed E-state index contributed by atoms with van der Waals surface area (Å²) in [5.74, 6) is 0. The Morgan fingerprint density at radius 3 is 2.53 bits per heavy atom. The van der Waals surface area contributed by atoms with Crippen molar-refractivity contribution in [2.75, 3.05) is 44.2 Å². The van der Waals surface area contributed by atoms with E-state index in [-0.39, 0.29) is 6.61 Å². The summed E-state index contributed by atoms with van der Waals surface area (Å²) in [7, 11) is 0. The SMILES string of the molecule is Cc1cc(N2CCN(CCO)CC2)ccc1Br. The van der Waals surface area contributed by atoms with E-state index in [0.717, 1.165) is 32.7 Å². The Labute approximate surface area is 111 Å². The molecule has 2 rings (SSSR count). The molecule has 1 fully saturated rings. The van der Waals surface area contributed by atoms with Gasteiger partial charge in [-0.2, -0.15) is 0 Å². The van der Waals surface area contributed by atoms with E-state index in [2.05, 4.69) is 50.9 Å². The molecular weight excluding hydrogens is 280 g/mol. The Morgan fingerprint density at radius 2 is 1.94 bits per heavy atom. The first kappa shape index (κ1) is 12.9. The molecule has 1 aromatic carbocycles. The summed E-state index contributed by atoms with van der Waals surface area (Å²) in [6.45, 7) is 7.34. The lowest BCUT2D eigenvalue weighted by molar-refractivity contribution is 0.189. The highest BCUT2D eigenvalue weighted by Gasteiger charge is 2.16. The minimum atomic E-state index is 0.261. The Bertz CT molecular complexity index is 376. The maximum Gasteiger partial charge on any atom is 0.0558 e. The molecule has 94 valence electrons. The second-order valence-electron chi connectivity index (χ2n) is 4.49. The van der Waals surface area contributed by atoms with Gasteiger partial charge in [0.15, 0.2) is 0 Å². The van der Waals surface area contributed by atoms with Crippen LogP contribution in [0.2, 0.25) is 0 Å². The molecular formula is C13H19BrN2O. The van der Waals surface area contributed by atoms with Crippen molar-refractivity contribution in [3.05, 3.63) is 28.2 Å². The summed E-state index contributed by atoms with van der Waals surface area (Å²) in [6, 6.07) is 6.51. The van der Waals surface area contributed by atoms with E-state index < -0.39 is 0 Å². The van der Waals surface area contributed by atoms with E-state index in [1.807, 2.05) is 0 Å². The van der Waals surface area contributed by atoms with Gasteiger partial charge in [-0.25, -0.2) is 0 Å². The number of β-amino-alcohol motifs (C(OH)–C–C–N with tert-alkyl or cyclic N) is 1. The molecule has 0 aromatic heterocycles. The molecule has 0 aliphatic carbocycles. The number of rotatable bonds is 3. The number of halogens is 1. The van der Waals surface area contributed by atoms with Crippen molar-refractivity contribution >= 4 is 21.6 Å². The fourth-order valence-electron chi connectivity index (χ4n) is 2.20. The van der Waals surface area contributed by atoms with Gasteiger partial charge in [0.05, 0.1) is 6.61 Å². The normalized spacial score (nSPS) is 17.5. The monoisotopic (exact) mass is 298 g/mol. The van der Waals surface area contributed by atoms with Crippen LogP contribution < -0.4 is 4.90 Å². The van der Waals surface area contributed by atoms with E-state index in [9.17, 15) is 0 Å². The van der Waals surface area contributed by atoms with Gasteiger partial charge in [-0.1, -0.05) is 15.9 Å². The van der Waals surface area contributed by atoms with Crippen LogP contribution in [-0.2, 0) is 0 Å². The molecule has 0 bridgehead atoms. The Hall–Kier alpha value is -0.580. The standard InChI is InChI=1S/C13H19BrN2O/c1-11-10-12(2-3-13(11)14)16-6-4-15(5-7-16)8-9-17/h2-3,10,17H,4-9H2,1H3. The molecule has 0 unspecified atom stereocenters. The van der Waals surface area contributed by atoms with E-state index in [4.69, 9.17) is 5.11 Å². The van der Waals surface area contributed by atoms with Crippen LogP contribution in [0.5, 0.6) is 0 Å². The molecule has 0 atom stereocenters. The average molecular weight is 299 g/mol. The van der Waals surface area contributed by atoms with Gasteiger partial charge < -0.3 is 10.0 Å². The molecule has 0 radical (unpaired) electrons. The van der Waals surface area contributed by atoms with Gasteiger partial charge in [-0.3, -0.25) is 4.90 Å². The minimum Gasteiger partial charge on any atom is -0.395 e. The summed E-state index contributed by atoms with van der Waals surface area (Å²) < 4.78 is 1.17. The molecule has 0 amide bonds. The van der Waals surface area contributed by atoms with Crippen molar-refractivity contribution < 1.29 is 5.11 Å². The molecule has 1 saturated heterocycles. The fraction of sp³-hybridized carbons (Fsp3) is 0.538. The zero-order valence-corrected chi connectivity index (χ0v) is 11.8. The number of hydrogen-bond donors (Lipinski definition) is 1. The van der Waals surface area contributed by atoms with Gasteiger partial charge in [-0.05, 0) is 30.7 Å². The molecule has 0 spiro atoms. The predicted octanol–water partition coefficient (Wildman–Crippen LogP) is 1.87. The molecule has 3 nitrogen and oxygen atoms in total. The first-order valence-electron chi connectivity index (χ1n) is 6.05. The van der Waals surface area contributed by atoms with Gasteiger partial charge in [-0.15, -0.1) is 0 Å². The van der Waals surface area contributed by atoms with Crippen molar-refractivity contribution in [3.63, 3.8) is 0 Å². The second-order valence-corrected chi connectivity index (χ2v) is 5.34. The highest BCUT2D eigenvalue weighted by atomic mass is 79.9. The molecule has 1 heterocycles. The van der Waals surface area contributed by atoms with Crippen LogP contribution in [0.3, 0.4) is 0 Å². The van der Waals surface area contributed by atoms with Crippen LogP contribution in [0.25, 0.3) is 0 Å². The smallest absolute Gasteiger partial charge is 0.0558 e. The number of anilines is 1. The highest BCUT2D eigenvalue weighted by molar-refractivity contribution is 9.10. The van der Waals surface area contributed by atoms with Crippen LogP contribution in [0.15, 0.2) is 22.7 Å². The van der Waals surface area contributed by atoms with E-state index >= 15 is 0 Å². The third kappa shape index (κ3) is 3.21. The van der Waals surface area contributed by atoms with Crippen LogP contribution in [0.4, 0.5) is 5.69 Å². The Morgan fingerprint density at radius 1 is 1.24 bits per heavy atom. The predicted molar refractivity (Wildman–Crippen MR) is 74.6 cm³/mol. The van der Waals surface area contributed by atoms with Gasteiger partial charge in [0.2, 0.25) is 0 Å². The number of nitrogens with zero attached hydrogens (tertiary/aromatic N) is 2. The molecule has 1 aromatic rings. The van der Waals surface area contributed by atoms with Crippen LogP contribution in [0, 0.1) is 6.92 Å². The number of benzene rings is 1. The molecule has 0 saturated carbocycles. The van der Waals surface area contributed by atoms with Crippen molar-refractivity contribution in [1.29, 1.82) is 0 Å². The zero-order chi connectivity index (χ0) is 12.3. The molecule has 4 heteroatoms. The van der Waals surface area contributed by atoms with E-state index in [0.29, 0.717) is 0 Å². The second kappa shape index (κ2) is 5.85. The van der Waals surface area contributed by atoms with E-state index in [1.54, 1.807) is 0 Å². The molecule has 17 heavy (non-hydrogen) atoms. The molecule has 1 N–H and O–H groups in total. The Balaban J connectivity index is 1.98. The summed E-state index contributed by atoms with van der Waals surface area (Å²) in [4.78, 5) is 4.72. The van der Waals surface area contributed by atoms with Crippen LogP contribution in [-0.4, -0.2) is 49.3 Å². The average Bonchev–Trinajstić information content (AvgIpc) is 2.34. The third-order valence-electron chi connectivity index (χ3n) is 3.30. The number of aryl methyl sites for hydroxylation is 1. The van der Waals surface area contributed by atoms with Gasteiger partial charge in [0, 0.05) is 42.9 Å². The topological polar surface area (TPSA) is 26.7 Å². The van der Waals surface area contributed by atoms with Crippen molar-refractivity contribution in [3.8, 4) is 0 Å². The van der Waals surface area contributed by atoms with E-state index in [1.165, 1.54) is 15.7 Å². The lowest BCUT2D eigenvalue weighted by Gasteiger charge is -2.36. The summed E-state index contributed by atoms with van der Waals surface area (Å²) in [5.41, 5.74) is 2.58. The number of piperazine rings is 1. The van der Waals surface area contributed by atoms with Gasteiger partial charge >= 0.3 is 0 Å². The van der Waals surface area contributed by atoms with Gasteiger partial charge in [0.25, 0.3) is 0 Å². The lowest BCUT2D eigenvalue weighted by atomic mass is 10.2. The summed E-state index contributed by atoms with van der Waals surface area (Å²) >= 11 is 3.53. The number of aliphatic hydroxyl groups excluding tert-OH is 1. The number of aliphatic hydroxyl groups is 1. The summed E-state index contributed by atoms with van der Waals surface area (Å²) in [6.07, 6.45) is 0. The first-order chi connectivity index (χ1) is 8.20. The van der Waals surface area contributed by atoms with Crippen molar-refractivity contribution in [2.45, 2.75) is 6.92 Å².